The minimum atomic E-state index is -4.34. The van der Waals surface area contributed by atoms with Gasteiger partial charge >= 0.3 is 7.82 Å². The van der Waals surface area contributed by atoms with E-state index < -0.39 is 7.82 Å². The molecule has 8 nitrogen and oxygen atoms in total. The van der Waals surface area contributed by atoms with Gasteiger partial charge < -0.3 is 14.4 Å². The van der Waals surface area contributed by atoms with Gasteiger partial charge in [-0.15, -0.1) is 0 Å². The van der Waals surface area contributed by atoms with Gasteiger partial charge in [0.15, 0.2) is 0 Å². The fourth-order valence-corrected chi connectivity index (χ4v) is 2.48. The molecule has 0 aromatic heterocycles. The zero-order valence-corrected chi connectivity index (χ0v) is 10.3. The lowest BCUT2D eigenvalue weighted by molar-refractivity contribution is -0.290. The van der Waals surface area contributed by atoms with Crippen LogP contribution >= 0.6 is 7.82 Å². The van der Waals surface area contributed by atoms with Crippen LogP contribution in [0.4, 0.5) is 0 Å². The van der Waals surface area contributed by atoms with Gasteiger partial charge in [0.1, 0.15) is 0 Å². The summed E-state index contributed by atoms with van der Waals surface area (Å²) >= 11 is 0. The normalized spacial score (nSPS) is 25.0. The lowest BCUT2D eigenvalue weighted by Gasteiger charge is -2.35. The van der Waals surface area contributed by atoms with Crippen molar-refractivity contribution in [3.63, 3.8) is 0 Å². The van der Waals surface area contributed by atoms with Crippen LogP contribution in [0.15, 0.2) is 0 Å². The van der Waals surface area contributed by atoms with E-state index in [-0.39, 0.29) is 0 Å². The molecule has 0 atom stereocenters. The first kappa shape index (κ1) is 13.4. The molecule has 2 aliphatic heterocycles. The molecule has 0 aromatic rings. The van der Waals surface area contributed by atoms with Crippen LogP contribution in [0.1, 0.15) is 0 Å². The smallest absolute Gasteiger partial charge is 0.301 e. The lowest BCUT2D eigenvalue weighted by Crippen LogP contribution is -2.40. The minimum absolute atomic E-state index is 0.415. The summed E-state index contributed by atoms with van der Waals surface area (Å²) in [6.07, 6.45) is 0. The predicted molar refractivity (Wildman–Crippen MR) is 54.6 cm³/mol. The maximum Gasteiger partial charge on any atom is 0.301 e. The molecule has 0 spiro atoms. The van der Waals surface area contributed by atoms with Gasteiger partial charge in [0, 0.05) is 26.2 Å². The van der Waals surface area contributed by atoms with Crippen molar-refractivity contribution in [1.82, 2.24) is 10.1 Å². The summed E-state index contributed by atoms with van der Waals surface area (Å²) in [6.45, 7) is 3.49. The predicted octanol–water partition coefficient (Wildman–Crippen LogP) is -1.02. The topological polar surface area (TPSA) is 83.5 Å². The molecule has 2 aliphatic rings. The largest absolute Gasteiger partial charge is 0.754 e. The molecule has 0 bridgehead atoms. The molecule has 0 amide bonds. The van der Waals surface area contributed by atoms with Crippen LogP contribution in [0, 0.1) is 0 Å². The molecular formula is C8H16N2O6P-. The van der Waals surface area contributed by atoms with Gasteiger partial charge in [-0.25, -0.2) is 9.25 Å². The molecule has 9 heteroatoms. The first-order valence-electron chi connectivity index (χ1n) is 5.52. The van der Waals surface area contributed by atoms with E-state index in [2.05, 4.69) is 0 Å². The highest BCUT2D eigenvalue weighted by atomic mass is 31.2. The highest BCUT2D eigenvalue weighted by Gasteiger charge is 2.23. The molecule has 2 saturated heterocycles. The Morgan fingerprint density at radius 2 is 1.24 bits per heavy atom. The van der Waals surface area contributed by atoms with Gasteiger partial charge in [-0.05, 0) is 0 Å². The van der Waals surface area contributed by atoms with Crippen molar-refractivity contribution in [2.24, 2.45) is 0 Å². The summed E-state index contributed by atoms with van der Waals surface area (Å²) in [7, 11) is -4.34. The van der Waals surface area contributed by atoms with E-state index in [1.54, 1.807) is 0 Å². The number of hydrogen-bond acceptors (Lipinski definition) is 8. The van der Waals surface area contributed by atoms with E-state index in [1.165, 1.54) is 10.1 Å². The molecule has 2 rings (SSSR count). The molecule has 0 aliphatic carbocycles. The van der Waals surface area contributed by atoms with Crippen LogP contribution in [-0.2, 0) is 23.3 Å². The quantitative estimate of drug-likeness (QED) is 0.599. The number of morpholine rings is 2. The van der Waals surface area contributed by atoms with E-state index >= 15 is 0 Å². The maximum atomic E-state index is 11.6. The van der Waals surface area contributed by atoms with Gasteiger partial charge in [0.05, 0.1) is 26.4 Å². The summed E-state index contributed by atoms with van der Waals surface area (Å²) in [5.41, 5.74) is 0. The number of hydrogen-bond donors (Lipinski definition) is 0. The second-order valence-corrected chi connectivity index (χ2v) is 4.91. The Morgan fingerprint density at radius 1 is 0.882 bits per heavy atom. The summed E-state index contributed by atoms with van der Waals surface area (Å²) in [6, 6.07) is 0. The molecule has 0 N–H and O–H groups in total. The second kappa shape index (κ2) is 6.21. The van der Waals surface area contributed by atoms with E-state index in [0.29, 0.717) is 52.6 Å². The van der Waals surface area contributed by atoms with Crippen molar-refractivity contribution in [2.75, 3.05) is 52.6 Å². The van der Waals surface area contributed by atoms with Crippen LogP contribution in [0.3, 0.4) is 0 Å². The van der Waals surface area contributed by atoms with Gasteiger partial charge in [-0.3, -0.25) is 4.57 Å². The van der Waals surface area contributed by atoms with Crippen LogP contribution in [0.5, 0.6) is 0 Å². The molecule has 0 aromatic carbocycles. The maximum absolute atomic E-state index is 11.6. The summed E-state index contributed by atoms with van der Waals surface area (Å²) in [5, 5.41) is 2.66. The average Bonchev–Trinajstić information content (AvgIpc) is 2.30. The fourth-order valence-electron chi connectivity index (χ4n) is 1.55. The molecule has 2 heterocycles. The van der Waals surface area contributed by atoms with Crippen molar-refractivity contribution in [3.05, 3.63) is 0 Å². The number of hydroxylamine groups is 4. The monoisotopic (exact) mass is 267 g/mol. The SMILES string of the molecule is O=P([O-])(ON1CCOCC1)ON1CCOCC1. The number of rotatable bonds is 4. The third kappa shape index (κ3) is 4.61. The second-order valence-electron chi connectivity index (χ2n) is 3.69. The summed E-state index contributed by atoms with van der Waals surface area (Å²) < 4.78 is 31.4. The standard InChI is InChI=1S/C8H17N2O6P/c11-17(12,15-9-1-5-13-6-2-9)16-10-3-7-14-8-4-10/h1-8H2,(H,11,12)/p-1. The summed E-state index contributed by atoms with van der Waals surface area (Å²) in [5.74, 6) is 0. The Bertz CT molecular complexity index is 255. The van der Waals surface area contributed by atoms with E-state index in [9.17, 15) is 9.46 Å². The van der Waals surface area contributed by atoms with Crippen molar-refractivity contribution < 1.29 is 28.2 Å². The van der Waals surface area contributed by atoms with Crippen LogP contribution in [0.2, 0.25) is 0 Å². The molecule has 17 heavy (non-hydrogen) atoms. The first-order valence-corrected chi connectivity index (χ1v) is 6.98. The minimum Gasteiger partial charge on any atom is -0.754 e. The zero-order chi connectivity index (χ0) is 12.1. The van der Waals surface area contributed by atoms with Crippen LogP contribution in [-0.4, -0.2) is 62.7 Å². The van der Waals surface area contributed by atoms with Crippen LogP contribution < -0.4 is 4.89 Å². The van der Waals surface area contributed by atoms with Gasteiger partial charge in [0.25, 0.3) is 0 Å². The average molecular weight is 267 g/mol. The first-order chi connectivity index (χ1) is 8.16. The molecule has 0 unspecified atom stereocenters. The van der Waals surface area contributed by atoms with Gasteiger partial charge in [-0.2, -0.15) is 10.1 Å². The third-order valence-electron chi connectivity index (χ3n) is 2.37. The zero-order valence-electron chi connectivity index (χ0n) is 9.45. The molecule has 2 fully saturated rings. The van der Waals surface area contributed by atoms with Gasteiger partial charge in [0.2, 0.25) is 0 Å². The lowest BCUT2D eigenvalue weighted by atomic mass is 10.5. The number of nitrogens with zero attached hydrogens (tertiary/aromatic N) is 2. The molecular weight excluding hydrogens is 251 g/mol. The Labute approximate surface area is 99.5 Å². The Morgan fingerprint density at radius 3 is 1.59 bits per heavy atom. The number of phosphoric acid groups is 1. The number of ether oxygens (including phenoxy) is 2. The third-order valence-corrected chi connectivity index (χ3v) is 3.23. The van der Waals surface area contributed by atoms with Crippen molar-refractivity contribution in [3.8, 4) is 0 Å². The highest BCUT2D eigenvalue weighted by molar-refractivity contribution is 7.45. The van der Waals surface area contributed by atoms with E-state index in [0.717, 1.165) is 0 Å². The Hall–Kier alpha value is -0.0500. The Kier molecular flexibility index (Phi) is 4.89. The molecule has 0 radical (unpaired) electrons. The highest BCUT2D eigenvalue weighted by Crippen LogP contribution is 2.40. The molecule has 0 saturated carbocycles. The summed E-state index contributed by atoms with van der Waals surface area (Å²) in [4.78, 5) is 11.6. The van der Waals surface area contributed by atoms with Crippen molar-refractivity contribution >= 4 is 7.82 Å². The van der Waals surface area contributed by atoms with Gasteiger partial charge in [-0.1, -0.05) is 0 Å². The fraction of sp³-hybridized carbons (Fsp3) is 1.00. The Balaban J connectivity index is 1.78. The molecule has 100 valence electrons. The van der Waals surface area contributed by atoms with Crippen LogP contribution in [0.25, 0.3) is 0 Å². The van der Waals surface area contributed by atoms with Crippen molar-refractivity contribution in [1.29, 1.82) is 0 Å². The van der Waals surface area contributed by atoms with E-state index in [4.69, 9.17) is 18.7 Å². The van der Waals surface area contributed by atoms with E-state index in [1.807, 2.05) is 0 Å². The van der Waals surface area contributed by atoms with Crippen molar-refractivity contribution in [2.45, 2.75) is 0 Å².